The third-order valence-corrected chi connectivity index (χ3v) is 2.79. The number of ketones is 1. The lowest BCUT2D eigenvalue weighted by molar-refractivity contribution is -0.122. The molecule has 1 heteroatoms. The van der Waals surface area contributed by atoms with Gasteiger partial charge in [-0.2, -0.15) is 0 Å². The molecule has 0 saturated heterocycles. The van der Waals surface area contributed by atoms with Crippen LogP contribution in [-0.4, -0.2) is 5.78 Å². The van der Waals surface area contributed by atoms with E-state index in [0.717, 1.165) is 19.3 Å². The highest BCUT2D eigenvalue weighted by Crippen LogP contribution is 2.13. The Morgan fingerprint density at radius 1 is 1.00 bits per heavy atom. The molecule has 0 spiro atoms. The average molecular weight is 198 g/mol. The second-order valence-corrected chi connectivity index (χ2v) is 4.32. The van der Waals surface area contributed by atoms with Gasteiger partial charge in [0.15, 0.2) is 0 Å². The number of carbonyl (C=O) groups excluding carboxylic acids is 1. The lowest BCUT2D eigenvalue weighted by Gasteiger charge is -2.08. The molecule has 0 amide bonds. The second kappa shape index (κ2) is 9.23. The molecule has 0 N–H and O–H groups in total. The zero-order valence-corrected chi connectivity index (χ0v) is 10.1. The van der Waals surface area contributed by atoms with E-state index < -0.39 is 0 Å². The van der Waals surface area contributed by atoms with E-state index in [1.165, 1.54) is 32.1 Å². The van der Waals surface area contributed by atoms with E-state index in [2.05, 4.69) is 20.8 Å². The summed E-state index contributed by atoms with van der Waals surface area (Å²) in [6.45, 7) is 6.39. The fraction of sp³-hybridized carbons (Fsp3) is 0.923. The highest BCUT2D eigenvalue weighted by atomic mass is 16.1. The zero-order chi connectivity index (χ0) is 10.8. The quantitative estimate of drug-likeness (QED) is 0.503. The Kier molecular flexibility index (Phi) is 9.02. The van der Waals surface area contributed by atoms with Gasteiger partial charge in [-0.05, 0) is 12.8 Å². The Morgan fingerprint density at radius 2 is 1.64 bits per heavy atom. The number of rotatable bonds is 9. The molecule has 14 heavy (non-hydrogen) atoms. The normalized spacial score (nSPS) is 12.8. The lowest BCUT2D eigenvalue weighted by atomic mass is 9.96. The van der Waals surface area contributed by atoms with Crippen molar-refractivity contribution < 1.29 is 4.79 Å². The third kappa shape index (κ3) is 7.11. The van der Waals surface area contributed by atoms with Crippen molar-refractivity contribution in [2.75, 3.05) is 0 Å². The van der Waals surface area contributed by atoms with Crippen molar-refractivity contribution >= 4 is 5.78 Å². The summed E-state index contributed by atoms with van der Waals surface area (Å²) in [6, 6.07) is 0. The summed E-state index contributed by atoms with van der Waals surface area (Å²) in [7, 11) is 0. The van der Waals surface area contributed by atoms with Crippen molar-refractivity contribution in [1.29, 1.82) is 0 Å². The maximum Gasteiger partial charge on any atom is 0.135 e. The number of hydrogen-bond acceptors (Lipinski definition) is 1. The van der Waals surface area contributed by atoms with Crippen LogP contribution in [0, 0.1) is 5.92 Å². The Morgan fingerprint density at radius 3 is 2.21 bits per heavy atom. The first-order valence-corrected chi connectivity index (χ1v) is 6.25. The van der Waals surface area contributed by atoms with Crippen LogP contribution < -0.4 is 0 Å². The monoisotopic (exact) mass is 198 g/mol. The van der Waals surface area contributed by atoms with Gasteiger partial charge in [-0.1, -0.05) is 52.9 Å². The Balaban J connectivity index is 3.34. The molecule has 1 nitrogen and oxygen atoms in total. The van der Waals surface area contributed by atoms with Gasteiger partial charge in [0.25, 0.3) is 0 Å². The molecule has 84 valence electrons. The highest BCUT2D eigenvalue weighted by molar-refractivity contribution is 5.80. The number of Topliss-reactive ketones (excluding diaryl/α,β-unsaturated/α-hetero) is 1. The molecule has 0 aromatic carbocycles. The number of hydrogen-bond donors (Lipinski definition) is 0. The first kappa shape index (κ1) is 13.7. The molecule has 0 rings (SSSR count). The van der Waals surface area contributed by atoms with Crippen molar-refractivity contribution in [1.82, 2.24) is 0 Å². The predicted molar refractivity (Wildman–Crippen MR) is 62.5 cm³/mol. The van der Waals surface area contributed by atoms with Crippen LogP contribution in [0.4, 0.5) is 0 Å². The van der Waals surface area contributed by atoms with Crippen molar-refractivity contribution in [3.8, 4) is 0 Å². The van der Waals surface area contributed by atoms with Gasteiger partial charge in [0, 0.05) is 12.3 Å². The second-order valence-electron chi connectivity index (χ2n) is 4.32. The van der Waals surface area contributed by atoms with E-state index in [-0.39, 0.29) is 0 Å². The molecule has 0 aliphatic rings. The van der Waals surface area contributed by atoms with E-state index in [4.69, 9.17) is 0 Å². The Labute approximate surface area is 89.3 Å². The molecule has 0 fully saturated rings. The van der Waals surface area contributed by atoms with Crippen LogP contribution in [0.25, 0.3) is 0 Å². The summed E-state index contributed by atoms with van der Waals surface area (Å²) in [5.41, 5.74) is 0. The number of carbonyl (C=O) groups is 1. The van der Waals surface area contributed by atoms with E-state index >= 15 is 0 Å². The average Bonchev–Trinajstić information content (AvgIpc) is 2.17. The maximum atomic E-state index is 11.5. The molecular formula is C13H26O. The molecule has 0 bridgehead atoms. The zero-order valence-electron chi connectivity index (χ0n) is 10.1. The Hall–Kier alpha value is -0.330. The molecule has 0 aromatic rings. The Bertz CT molecular complexity index is 140. The van der Waals surface area contributed by atoms with Gasteiger partial charge in [0.05, 0.1) is 0 Å². The van der Waals surface area contributed by atoms with E-state index in [0.29, 0.717) is 11.7 Å². The minimum atomic E-state index is 0.302. The van der Waals surface area contributed by atoms with Crippen LogP contribution in [0.15, 0.2) is 0 Å². The minimum Gasteiger partial charge on any atom is -0.299 e. The summed E-state index contributed by atoms with van der Waals surface area (Å²) < 4.78 is 0. The van der Waals surface area contributed by atoms with Crippen molar-refractivity contribution in [3.63, 3.8) is 0 Å². The molecule has 1 atom stereocenters. The molecule has 0 aliphatic heterocycles. The standard InChI is InChI=1S/C13H26O/c1-4-6-7-8-9-11-12(3)13(14)10-5-2/h12H,4-11H2,1-3H3. The topological polar surface area (TPSA) is 17.1 Å². The van der Waals surface area contributed by atoms with Crippen molar-refractivity contribution in [3.05, 3.63) is 0 Å². The highest BCUT2D eigenvalue weighted by Gasteiger charge is 2.10. The SMILES string of the molecule is CCCCCCCC(C)C(=O)CCC. The van der Waals surface area contributed by atoms with Crippen molar-refractivity contribution in [2.24, 2.45) is 5.92 Å². The summed E-state index contributed by atoms with van der Waals surface area (Å²) in [5.74, 6) is 0.763. The van der Waals surface area contributed by atoms with Crippen LogP contribution in [-0.2, 0) is 4.79 Å². The van der Waals surface area contributed by atoms with Crippen LogP contribution in [0.5, 0.6) is 0 Å². The smallest absolute Gasteiger partial charge is 0.135 e. The van der Waals surface area contributed by atoms with E-state index in [1.54, 1.807) is 0 Å². The minimum absolute atomic E-state index is 0.302. The first-order chi connectivity index (χ1) is 6.72. The van der Waals surface area contributed by atoms with Crippen LogP contribution in [0.2, 0.25) is 0 Å². The molecule has 0 heterocycles. The summed E-state index contributed by atoms with van der Waals surface area (Å²) in [6.07, 6.45) is 9.39. The molecule has 1 unspecified atom stereocenters. The fourth-order valence-electron chi connectivity index (χ4n) is 1.71. The lowest BCUT2D eigenvalue weighted by Crippen LogP contribution is -2.10. The van der Waals surface area contributed by atoms with Gasteiger partial charge >= 0.3 is 0 Å². The largest absolute Gasteiger partial charge is 0.299 e. The van der Waals surface area contributed by atoms with E-state index in [9.17, 15) is 4.79 Å². The summed E-state index contributed by atoms with van der Waals surface area (Å²) in [4.78, 5) is 11.5. The van der Waals surface area contributed by atoms with Gasteiger partial charge in [-0.3, -0.25) is 4.79 Å². The first-order valence-electron chi connectivity index (χ1n) is 6.25. The maximum absolute atomic E-state index is 11.5. The number of unbranched alkanes of at least 4 members (excludes halogenated alkanes) is 4. The summed E-state index contributed by atoms with van der Waals surface area (Å²) >= 11 is 0. The van der Waals surface area contributed by atoms with Gasteiger partial charge in [-0.25, -0.2) is 0 Å². The van der Waals surface area contributed by atoms with Gasteiger partial charge in [-0.15, -0.1) is 0 Å². The van der Waals surface area contributed by atoms with Crippen LogP contribution >= 0.6 is 0 Å². The molecule has 0 aromatic heterocycles. The van der Waals surface area contributed by atoms with Gasteiger partial charge < -0.3 is 0 Å². The predicted octanol–water partition coefficient (Wildman–Crippen LogP) is 4.35. The molecule has 0 saturated carbocycles. The van der Waals surface area contributed by atoms with Crippen LogP contribution in [0.1, 0.15) is 72.1 Å². The molecule has 0 aliphatic carbocycles. The summed E-state index contributed by atoms with van der Waals surface area (Å²) in [5, 5.41) is 0. The van der Waals surface area contributed by atoms with Crippen molar-refractivity contribution in [2.45, 2.75) is 72.1 Å². The third-order valence-electron chi connectivity index (χ3n) is 2.79. The molecule has 0 radical (unpaired) electrons. The fourth-order valence-corrected chi connectivity index (χ4v) is 1.71. The van der Waals surface area contributed by atoms with E-state index in [1.807, 2.05) is 0 Å². The molecular weight excluding hydrogens is 172 g/mol. The van der Waals surface area contributed by atoms with Gasteiger partial charge in [0.2, 0.25) is 0 Å². The van der Waals surface area contributed by atoms with Crippen LogP contribution in [0.3, 0.4) is 0 Å². The van der Waals surface area contributed by atoms with Gasteiger partial charge in [0.1, 0.15) is 5.78 Å².